The summed E-state index contributed by atoms with van der Waals surface area (Å²) in [6.07, 6.45) is -1.13. The van der Waals surface area contributed by atoms with Crippen molar-refractivity contribution in [1.82, 2.24) is 30.2 Å². The van der Waals surface area contributed by atoms with Crippen LogP contribution in [-0.2, 0) is 12.7 Å². The van der Waals surface area contributed by atoms with Gasteiger partial charge >= 0.3 is 6.18 Å². The Kier molecular flexibility index (Phi) is 5.10. The molecule has 9 heteroatoms. The van der Waals surface area contributed by atoms with Crippen molar-refractivity contribution in [2.45, 2.75) is 12.7 Å². The molecule has 1 saturated heterocycles. The molecule has 3 aromatic rings. The molecule has 28 heavy (non-hydrogen) atoms. The van der Waals surface area contributed by atoms with Crippen LogP contribution in [0.15, 0.2) is 48.8 Å². The highest BCUT2D eigenvalue weighted by molar-refractivity contribution is 5.64. The third-order valence-electron chi connectivity index (χ3n) is 4.69. The number of halogens is 3. The molecule has 4 rings (SSSR count). The van der Waals surface area contributed by atoms with Gasteiger partial charge in [-0.25, -0.2) is 4.68 Å². The number of hydrogen-bond donors (Lipinski definition) is 1. The molecular weight excluding hydrogens is 369 g/mol. The van der Waals surface area contributed by atoms with Gasteiger partial charge in [-0.1, -0.05) is 11.3 Å². The lowest BCUT2D eigenvalue weighted by Gasteiger charge is -2.26. The molecule has 0 spiro atoms. The largest absolute Gasteiger partial charge is 0.416 e. The van der Waals surface area contributed by atoms with Gasteiger partial charge in [-0.3, -0.25) is 9.88 Å². The van der Waals surface area contributed by atoms with E-state index in [2.05, 4.69) is 25.5 Å². The van der Waals surface area contributed by atoms with Gasteiger partial charge in [0.2, 0.25) is 0 Å². The van der Waals surface area contributed by atoms with E-state index < -0.39 is 11.7 Å². The highest BCUT2D eigenvalue weighted by Crippen LogP contribution is 2.32. The quantitative estimate of drug-likeness (QED) is 0.745. The van der Waals surface area contributed by atoms with E-state index in [1.807, 2.05) is 12.1 Å². The summed E-state index contributed by atoms with van der Waals surface area (Å²) >= 11 is 0. The second-order valence-corrected chi connectivity index (χ2v) is 6.61. The number of alkyl halides is 3. The van der Waals surface area contributed by atoms with Crippen molar-refractivity contribution in [2.75, 3.05) is 26.2 Å². The molecule has 6 nitrogen and oxygen atoms in total. The molecule has 0 saturated carbocycles. The van der Waals surface area contributed by atoms with Crippen LogP contribution < -0.4 is 5.32 Å². The molecule has 0 amide bonds. The van der Waals surface area contributed by atoms with Gasteiger partial charge in [0.25, 0.3) is 0 Å². The fraction of sp³-hybridized carbons (Fsp3) is 0.316. The van der Waals surface area contributed by atoms with Crippen molar-refractivity contribution in [3.63, 3.8) is 0 Å². The zero-order chi connectivity index (χ0) is 19.6. The molecule has 0 aliphatic carbocycles. The Morgan fingerprint density at radius 3 is 2.50 bits per heavy atom. The topological polar surface area (TPSA) is 58.9 Å². The minimum atomic E-state index is -4.42. The lowest BCUT2D eigenvalue weighted by molar-refractivity contribution is -0.137. The number of nitrogens with zero attached hydrogens (tertiary/aromatic N) is 5. The second kappa shape index (κ2) is 7.69. The molecular formula is C19H19F3N6. The van der Waals surface area contributed by atoms with Crippen molar-refractivity contribution in [1.29, 1.82) is 0 Å². The first kappa shape index (κ1) is 18.6. The summed E-state index contributed by atoms with van der Waals surface area (Å²) in [5.41, 5.74) is 1.82. The Bertz CT molecular complexity index is 932. The van der Waals surface area contributed by atoms with Gasteiger partial charge in [0.05, 0.1) is 16.9 Å². The van der Waals surface area contributed by atoms with Crippen LogP contribution in [0.1, 0.15) is 11.3 Å². The van der Waals surface area contributed by atoms with Crippen LogP contribution in [0.4, 0.5) is 13.2 Å². The van der Waals surface area contributed by atoms with Gasteiger partial charge in [0, 0.05) is 50.7 Å². The van der Waals surface area contributed by atoms with E-state index in [1.165, 1.54) is 10.7 Å². The van der Waals surface area contributed by atoms with Crippen molar-refractivity contribution in [3.05, 3.63) is 60.0 Å². The minimum Gasteiger partial charge on any atom is -0.314 e. The second-order valence-electron chi connectivity index (χ2n) is 6.61. The van der Waals surface area contributed by atoms with Gasteiger partial charge in [-0.05, 0) is 30.3 Å². The van der Waals surface area contributed by atoms with Crippen molar-refractivity contribution in [3.8, 4) is 16.9 Å². The number of aromatic nitrogens is 4. The van der Waals surface area contributed by atoms with E-state index in [1.54, 1.807) is 18.5 Å². The Balaban J connectivity index is 1.77. The maximum Gasteiger partial charge on any atom is 0.416 e. The van der Waals surface area contributed by atoms with Crippen LogP contribution in [0.5, 0.6) is 0 Å². The van der Waals surface area contributed by atoms with E-state index in [0.29, 0.717) is 17.9 Å². The molecule has 1 aliphatic rings. The van der Waals surface area contributed by atoms with Crippen molar-refractivity contribution < 1.29 is 13.2 Å². The summed E-state index contributed by atoms with van der Waals surface area (Å²) in [5, 5.41) is 11.8. The first-order valence-electron chi connectivity index (χ1n) is 8.98. The van der Waals surface area contributed by atoms with Crippen molar-refractivity contribution in [2.24, 2.45) is 0 Å². The molecule has 0 bridgehead atoms. The minimum absolute atomic E-state index is 0.320. The smallest absolute Gasteiger partial charge is 0.314 e. The molecule has 0 radical (unpaired) electrons. The Morgan fingerprint density at radius 2 is 1.79 bits per heavy atom. The van der Waals surface area contributed by atoms with Gasteiger partial charge in [0.15, 0.2) is 0 Å². The van der Waals surface area contributed by atoms with Crippen molar-refractivity contribution >= 4 is 0 Å². The lowest BCUT2D eigenvalue weighted by atomic mass is 10.1. The van der Waals surface area contributed by atoms with Gasteiger partial charge < -0.3 is 5.32 Å². The van der Waals surface area contributed by atoms with E-state index in [4.69, 9.17) is 0 Å². The highest BCUT2D eigenvalue weighted by Gasteiger charge is 2.31. The molecule has 146 valence electrons. The summed E-state index contributed by atoms with van der Waals surface area (Å²) < 4.78 is 40.9. The summed E-state index contributed by atoms with van der Waals surface area (Å²) in [7, 11) is 0. The molecule has 1 N–H and O–H groups in total. The van der Waals surface area contributed by atoms with Gasteiger partial charge in [-0.15, -0.1) is 5.10 Å². The van der Waals surface area contributed by atoms with Gasteiger partial charge in [-0.2, -0.15) is 13.2 Å². The summed E-state index contributed by atoms with van der Waals surface area (Å²) in [6.45, 7) is 4.13. The van der Waals surface area contributed by atoms with E-state index in [-0.39, 0.29) is 0 Å². The summed E-state index contributed by atoms with van der Waals surface area (Å²) in [5.74, 6) is 0. The van der Waals surface area contributed by atoms with Gasteiger partial charge in [0.1, 0.15) is 5.69 Å². The fourth-order valence-electron chi connectivity index (χ4n) is 3.29. The monoisotopic (exact) mass is 388 g/mol. The number of benzene rings is 1. The highest BCUT2D eigenvalue weighted by atomic mass is 19.4. The predicted molar refractivity (Wildman–Crippen MR) is 97.7 cm³/mol. The fourth-order valence-corrected chi connectivity index (χ4v) is 3.29. The number of pyridine rings is 1. The molecule has 3 heterocycles. The number of piperazine rings is 1. The SMILES string of the molecule is FC(F)(F)c1cccc(-n2nnc(CN3CCNCC3)c2-c2ccncc2)c1. The van der Waals surface area contributed by atoms with Crippen LogP contribution in [0, 0.1) is 0 Å². The molecule has 2 aromatic heterocycles. The van der Waals surface area contributed by atoms with Crippen LogP contribution in [0.3, 0.4) is 0 Å². The maximum atomic E-state index is 13.2. The Morgan fingerprint density at radius 1 is 1.04 bits per heavy atom. The summed E-state index contributed by atoms with van der Waals surface area (Å²) in [4.78, 5) is 6.28. The Labute approximate surface area is 160 Å². The first-order valence-corrected chi connectivity index (χ1v) is 8.98. The van der Waals surface area contributed by atoms with Crippen LogP contribution in [0.2, 0.25) is 0 Å². The lowest BCUT2D eigenvalue weighted by Crippen LogP contribution is -2.43. The maximum absolute atomic E-state index is 13.2. The average molecular weight is 388 g/mol. The molecule has 0 unspecified atom stereocenters. The first-order chi connectivity index (χ1) is 13.5. The normalized spacial score (nSPS) is 15.7. The third-order valence-corrected chi connectivity index (χ3v) is 4.69. The van der Waals surface area contributed by atoms with E-state index >= 15 is 0 Å². The molecule has 1 fully saturated rings. The van der Waals surface area contributed by atoms with E-state index in [9.17, 15) is 13.2 Å². The van der Waals surface area contributed by atoms with Crippen LogP contribution in [0.25, 0.3) is 16.9 Å². The van der Waals surface area contributed by atoms with Crippen LogP contribution >= 0.6 is 0 Å². The van der Waals surface area contributed by atoms with Crippen LogP contribution in [-0.4, -0.2) is 51.1 Å². The summed E-state index contributed by atoms with van der Waals surface area (Å²) in [6, 6.07) is 8.74. The Hall–Kier alpha value is -2.78. The standard InChI is InChI=1S/C19H19F3N6/c20-19(21,22)15-2-1-3-16(12-15)28-18(14-4-6-23-7-5-14)17(25-26-28)13-27-10-8-24-9-11-27/h1-7,12,24H,8-11,13H2. The molecule has 0 atom stereocenters. The number of rotatable bonds is 4. The number of hydrogen-bond acceptors (Lipinski definition) is 5. The predicted octanol–water partition coefficient (Wildman–Crippen LogP) is 2.75. The van der Waals surface area contributed by atoms with E-state index in [0.717, 1.165) is 49.6 Å². The molecule has 1 aliphatic heterocycles. The average Bonchev–Trinajstić information content (AvgIpc) is 3.12. The molecule has 1 aromatic carbocycles. The third kappa shape index (κ3) is 3.90. The zero-order valence-electron chi connectivity index (χ0n) is 15.0. The zero-order valence-corrected chi connectivity index (χ0v) is 15.0. The number of nitrogens with one attached hydrogen (secondary N) is 1.